The van der Waals surface area contributed by atoms with Gasteiger partial charge in [-0.3, -0.25) is 14.8 Å². The molecule has 1 aromatic carbocycles. The average Bonchev–Trinajstić information content (AvgIpc) is 3.23. The van der Waals surface area contributed by atoms with Crippen LogP contribution in [0.15, 0.2) is 55.0 Å². The van der Waals surface area contributed by atoms with Crippen molar-refractivity contribution in [2.75, 3.05) is 31.1 Å². The highest BCUT2D eigenvalue weighted by molar-refractivity contribution is 6.00. The van der Waals surface area contributed by atoms with Crippen LogP contribution in [0.5, 0.6) is 0 Å². The van der Waals surface area contributed by atoms with Gasteiger partial charge in [-0.05, 0) is 25.1 Å². The maximum absolute atomic E-state index is 12.8. The lowest BCUT2D eigenvalue weighted by molar-refractivity contribution is 0.0959. The molecule has 3 heterocycles. The highest BCUT2D eigenvalue weighted by atomic mass is 35.5. The molecule has 0 bridgehead atoms. The summed E-state index contributed by atoms with van der Waals surface area (Å²) in [5.41, 5.74) is 2.34. The molecule has 1 saturated heterocycles. The molecule has 0 saturated carbocycles. The number of Topliss-reactive ketones (excluding diaryl/α,β-unsaturated/α-hetero) is 1. The largest absolute Gasteiger partial charge is 0.366 e. The molecule has 0 aliphatic carbocycles. The Kier molecular flexibility index (Phi) is 6.95. The Bertz CT molecular complexity index is 917. The van der Waals surface area contributed by atoms with E-state index in [1.165, 1.54) is 5.69 Å². The van der Waals surface area contributed by atoms with Gasteiger partial charge in [0, 0.05) is 62.9 Å². The summed E-state index contributed by atoms with van der Waals surface area (Å²) in [4.78, 5) is 25.9. The van der Waals surface area contributed by atoms with Gasteiger partial charge in [0.05, 0.1) is 5.56 Å². The molecule has 0 spiro atoms. The van der Waals surface area contributed by atoms with E-state index in [9.17, 15) is 4.79 Å². The van der Waals surface area contributed by atoms with Crippen molar-refractivity contribution in [2.24, 2.45) is 0 Å². The number of piperazine rings is 1. The number of aromatic nitrogens is 4. The van der Waals surface area contributed by atoms with Crippen molar-refractivity contribution in [1.29, 1.82) is 0 Å². The molecule has 1 atom stereocenters. The molecule has 1 fully saturated rings. The van der Waals surface area contributed by atoms with E-state index in [1.54, 1.807) is 24.7 Å². The predicted octanol–water partition coefficient (Wildman–Crippen LogP) is 3.07. The molecule has 1 aliphatic rings. The quantitative estimate of drug-likeness (QED) is 0.627. The lowest BCUT2D eigenvalue weighted by Crippen LogP contribution is -2.52. The molecule has 29 heavy (non-hydrogen) atoms. The first-order valence-corrected chi connectivity index (χ1v) is 9.61. The molecule has 152 valence electrons. The Hall–Kier alpha value is -2.77. The summed E-state index contributed by atoms with van der Waals surface area (Å²) < 4.78 is 0. The van der Waals surface area contributed by atoms with Crippen LogP contribution in [-0.2, 0) is 0 Å². The van der Waals surface area contributed by atoms with Gasteiger partial charge in [0.25, 0.3) is 0 Å². The van der Waals surface area contributed by atoms with Gasteiger partial charge in [0.15, 0.2) is 11.6 Å². The lowest BCUT2D eigenvalue weighted by Gasteiger charge is -2.41. The van der Waals surface area contributed by atoms with Crippen LogP contribution < -0.4 is 4.90 Å². The second kappa shape index (κ2) is 9.62. The third-order valence-electron chi connectivity index (χ3n) is 5.17. The summed E-state index contributed by atoms with van der Waals surface area (Å²) in [6, 6.07) is 12.7. The van der Waals surface area contributed by atoms with E-state index in [-0.39, 0.29) is 18.2 Å². The number of para-hydroxylation sites is 1. The number of rotatable bonds is 6. The minimum absolute atomic E-state index is 0. The maximum atomic E-state index is 12.8. The van der Waals surface area contributed by atoms with Gasteiger partial charge >= 0.3 is 0 Å². The topological polar surface area (TPSA) is 78.0 Å². The molecule has 4 rings (SSSR count). The van der Waals surface area contributed by atoms with Gasteiger partial charge < -0.3 is 4.90 Å². The Morgan fingerprint density at radius 2 is 1.90 bits per heavy atom. The Labute approximate surface area is 176 Å². The number of aromatic amines is 1. The molecule has 3 aromatic rings. The Morgan fingerprint density at radius 3 is 2.62 bits per heavy atom. The van der Waals surface area contributed by atoms with Crippen molar-refractivity contribution in [3.63, 3.8) is 0 Å². The predicted molar refractivity (Wildman–Crippen MR) is 115 cm³/mol. The van der Waals surface area contributed by atoms with Crippen molar-refractivity contribution >= 4 is 23.9 Å². The van der Waals surface area contributed by atoms with Crippen LogP contribution in [0.2, 0.25) is 0 Å². The second-order valence-corrected chi connectivity index (χ2v) is 7.07. The van der Waals surface area contributed by atoms with Crippen LogP contribution in [0.4, 0.5) is 5.69 Å². The zero-order chi connectivity index (χ0) is 19.3. The standard InChI is InChI=1S/C21H24N6O.ClH/c1-16-15-26(12-13-27(16)17-6-3-2-4-7-17)11-8-19(28)18-14-24-25-20(18)21-22-9-5-10-23-21;/h2-7,9-10,14,16H,8,11-13,15H2,1H3,(H,24,25);1H. The van der Waals surface area contributed by atoms with Gasteiger partial charge in [0.1, 0.15) is 5.69 Å². The molecule has 0 radical (unpaired) electrons. The van der Waals surface area contributed by atoms with Crippen LogP contribution in [-0.4, -0.2) is 63.1 Å². The minimum Gasteiger partial charge on any atom is -0.366 e. The summed E-state index contributed by atoms with van der Waals surface area (Å²) in [5, 5.41) is 6.94. The zero-order valence-corrected chi connectivity index (χ0v) is 17.2. The van der Waals surface area contributed by atoms with Crippen LogP contribution in [0.25, 0.3) is 11.5 Å². The van der Waals surface area contributed by atoms with Crippen LogP contribution in [0.3, 0.4) is 0 Å². The van der Waals surface area contributed by atoms with E-state index in [4.69, 9.17) is 0 Å². The Morgan fingerprint density at radius 1 is 1.14 bits per heavy atom. The van der Waals surface area contributed by atoms with Crippen molar-refractivity contribution < 1.29 is 4.79 Å². The van der Waals surface area contributed by atoms with E-state index >= 15 is 0 Å². The number of carbonyl (C=O) groups is 1. The number of ketones is 1. The SMILES string of the molecule is CC1CN(CCC(=O)c2c[nH]nc2-c2ncccn2)CCN1c1ccccc1.Cl. The van der Waals surface area contributed by atoms with Gasteiger partial charge in [-0.1, -0.05) is 18.2 Å². The van der Waals surface area contributed by atoms with Crippen molar-refractivity contribution in [2.45, 2.75) is 19.4 Å². The number of H-pyrrole nitrogens is 1. The maximum Gasteiger partial charge on any atom is 0.180 e. The highest BCUT2D eigenvalue weighted by Crippen LogP contribution is 2.21. The number of hydrogen-bond donors (Lipinski definition) is 1. The summed E-state index contributed by atoms with van der Waals surface area (Å²) in [7, 11) is 0. The summed E-state index contributed by atoms with van der Waals surface area (Å²) in [6.45, 7) is 5.84. The van der Waals surface area contributed by atoms with Gasteiger partial charge in [-0.2, -0.15) is 5.10 Å². The van der Waals surface area contributed by atoms with E-state index in [1.807, 2.05) is 6.07 Å². The van der Waals surface area contributed by atoms with Crippen molar-refractivity contribution in [3.05, 3.63) is 60.6 Å². The number of benzene rings is 1. The first-order valence-electron chi connectivity index (χ1n) is 9.61. The Balaban J connectivity index is 0.00000240. The number of anilines is 1. The van der Waals surface area contributed by atoms with E-state index in [0.717, 1.165) is 26.2 Å². The average molecular weight is 413 g/mol. The number of hydrogen-bond acceptors (Lipinski definition) is 6. The van der Waals surface area contributed by atoms with Crippen LogP contribution in [0, 0.1) is 0 Å². The summed E-state index contributed by atoms with van der Waals surface area (Å²) in [5.74, 6) is 0.534. The van der Waals surface area contributed by atoms with Gasteiger partial charge in [-0.25, -0.2) is 9.97 Å². The number of nitrogens with zero attached hydrogens (tertiary/aromatic N) is 5. The van der Waals surface area contributed by atoms with Crippen molar-refractivity contribution in [1.82, 2.24) is 25.1 Å². The monoisotopic (exact) mass is 412 g/mol. The van der Waals surface area contributed by atoms with E-state index in [2.05, 4.69) is 61.2 Å². The molecule has 2 aromatic heterocycles. The fraction of sp³-hybridized carbons (Fsp3) is 0.333. The first kappa shape index (κ1) is 21.0. The fourth-order valence-corrected chi connectivity index (χ4v) is 3.73. The molecular weight excluding hydrogens is 388 g/mol. The molecule has 1 N–H and O–H groups in total. The molecule has 0 amide bonds. The lowest BCUT2D eigenvalue weighted by atomic mass is 10.1. The number of halogens is 1. The third kappa shape index (κ3) is 4.81. The van der Waals surface area contributed by atoms with Gasteiger partial charge in [0.2, 0.25) is 0 Å². The van der Waals surface area contributed by atoms with Crippen LogP contribution >= 0.6 is 12.4 Å². The normalized spacial score (nSPS) is 17.0. The third-order valence-corrected chi connectivity index (χ3v) is 5.17. The molecular formula is C21H25ClN6O. The first-order chi connectivity index (χ1) is 13.7. The summed E-state index contributed by atoms with van der Waals surface area (Å²) >= 11 is 0. The summed E-state index contributed by atoms with van der Waals surface area (Å²) in [6.07, 6.45) is 5.40. The molecule has 1 unspecified atom stereocenters. The zero-order valence-electron chi connectivity index (χ0n) is 16.4. The van der Waals surface area contributed by atoms with Crippen molar-refractivity contribution in [3.8, 4) is 11.5 Å². The molecule has 1 aliphatic heterocycles. The fourth-order valence-electron chi connectivity index (χ4n) is 3.73. The van der Waals surface area contributed by atoms with E-state index < -0.39 is 0 Å². The molecule has 7 nitrogen and oxygen atoms in total. The molecule has 8 heteroatoms. The van der Waals surface area contributed by atoms with E-state index in [0.29, 0.717) is 29.5 Å². The number of carbonyl (C=O) groups excluding carboxylic acids is 1. The van der Waals surface area contributed by atoms with Crippen LogP contribution in [0.1, 0.15) is 23.7 Å². The van der Waals surface area contributed by atoms with Gasteiger partial charge in [-0.15, -0.1) is 12.4 Å². The second-order valence-electron chi connectivity index (χ2n) is 7.07. The highest BCUT2D eigenvalue weighted by Gasteiger charge is 2.25. The smallest absolute Gasteiger partial charge is 0.180 e. The minimum atomic E-state index is 0. The number of nitrogens with one attached hydrogen (secondary N) is 1.